The number of carbonyl (C=O) groups excluding carboxylic acids is 1. The first kappa shape index (κ1) is 10.4. The van der Waals surface area contributed by atoms with Crippen LogP contribution in [0.2, 0.25) is 0 Å². The van der Waals surface area contributed by atoms with Gasteiger partial charge in [-0.2, -0.15) is 0 Å². The highest BCUT2D eigenvalue weighted by atomic mass is 16.2. The fourth-order valence-electron chi connectivity index (χ4n) is 3.53. The Hall–Kier alpha value is -0.790. The van der Waals surface area contributed by atoms with E-state index in [0.29, 0.717) is 23.7 Å². The molecule has 3 aliphatic rings. The van der Waals surface area contributed by atoms with Crippen molar-refractivity contribution in [3.8, 4) is 0 Å². The quantitative estimate of drug-likeness (QED) is 0.620. The Morgan fingerprint density at radius 1 is 1.19 bits per heavy atom. The molecule has 2 bridgehead atoms. The Labute approximate surface area is 97.7 Å². The predicted octanol–water partition coefficient (Wildman–Crippen LogP) is 2.46. The second kappa shape index (κ2) is 3.90. The van der Waals surface area contributed by atoms with Gasteiger partial charge in [-0.1, -0.05) is 19.1 Å². The lowest BCUT2D eigenvalue weighted by atomic mass is 9.90. The number of piperidine rings is 1. The number of rotatable bonds is 1. The molecule has 1 heterocycles. The molecule has 2 nitrogen and oxygen atoms in total. The third-order valence-corrected chi connectivity index (χ3v) is 4.69. The van der Waals surface area contributed by atoms with E-state index in [1.165, 1.54) is 19.3 Å². The molecular weight excluding hydrogens is 198 g/mol. The summed E-state index contributed by atoms with van der Waals surface area (Å²) in [4.78, 5) is 14.5. The molecule has 0 aromatic rings. The maximum Gasteiger partial charge on any atom is 0.226 e. The zero-order valence-electron chi connectivity index (χ0n) is 10.1. The number of amides is 1. The molecule has 2 heteroatoms. The van der Waals surface area contributed by atoms with Crippen molar-refractivity contribution in [2.45, 2.75) is 32.6 Å². The SMILES string of the molecule is CC1CCN(C(=O)C2CC3C=CC2C3)CC1. The minimum Gasteiger partial charge on any atom is -0.342 e. The zero-order chi connectivity index (χ0) is 11.1. The van der Waals surface area contributed by atoms with Crippen molar-refractivity contribution >= 4 is 5.91 Å². The van der Waals surface area contributed by atoms with Crippen LogP contribution in [0.3, 0.4) is 0 Å². The molecule has 0 spiro atoms. The summed E-state index contributed by atoms with van der Waals surface area (Å²) in [5, 5.41) is 0. The molecule has 1 saturated heterocycles. The molecule has 1 amide bonds. The highest BCUT2D eigenvalue weighted by Gasteiger charge is 2.41. The van der Waals surface area contributed by atoms with Crippen LogP contribution in [0, 0.1) is 23.7 Å². The second-order valence-electron chi connectivity index (χ2n) is 5.89. The lowest BCUT2D eigenvalue weighted by Crippen LogP contribution is -2.42. The van der Waals surface area contributed by atoms with Gasteiger partial charge in [0.05, 0.1) is 0 Å². The van der Waals surface area contributed by atoms with Crippen molar-refractivity contribution in [3.63, 3.8) is 0 Å². The van der Waals surface area contributed by atoms with E-state index in [2.05, 4.69) is 24.0 Å². The molecule has 3 atom stereocenters. The topological polar surface area (TPSA) is 20.3 Å². The number of hydrogen-bond donors (Lipinski definition) is 0. The fourth-order valence-corrected chi connectivity index (χ4v) is 3.53. The molecule has 88 valence electrons. The molecule has 0 N–H and O–H groups in total. The van der Waals surface area contributed by atoms with Gasteiger partial charge >= 0.3 is 0 Å². The Bertz CT molecular complexity index is 315. The summed E-state index contributed by atoms with van der Waals surface area (Å²) in [6.45, 7) is 4.29. The maximum absolute atomic E-state index is 12.4. The summed E-state index contributed by atoms with van der Waals surface area (Å²) in [7, 11) is 0. The summed E-state index contributed by atoms with van der Waals surface area (Å²) >= 11 is 0. The number of fused-ring (bicyclic) bond motifs is 2. The minimum atomic E-state index is 0.323. The highest BCUT2D eigenvalue weighted by molar-refractivity contribution is 5.80. The monoisotopic (exact) mass is 219 g/mol. The zero-order valence-corrected chi connectivity index (χ0v) is 10.1. The lowest BCUT2D eigenvalue weighted by Gasteiger charge is -2.33. The first-order valence-corrected chi connectivity index (χ1v) is 6.71. The predicted molar refractivity (Wildman–Crippen MR) is 63.8 cm³/mol. The molecule has 1 aliphatic heterocycles. The highest BCUT2D eigenvalue weighted by Crippen LogP contribution is 2.44. The molecule has 3 rings (SSSR count). The summed E-state index contributed by atoms with van der Waals surface area (Å²) in [5.41, 5.74) is 0. The molecular formula is C14H21NO. The average Bonchev–Trinajstić information content (AvgIpc) is 2.91. The van der Waals surface area contributed by atoms with E-state index >= 15 is 0 Å². The number of carbonyl (C=O) groups is 1. The smallest absolute Gasteiger partial charge is 0.226 e. The molecule has 0 radical (unpaired) electrons. The minimum absolute atomic E-state index is 0.323. The van der Waals surface area contributed by atoms with Crippen molar-refractivity contribution in [1.82, 2.24) is 4.90 Å². The van der Waals surface area contributed by atoms with Crippen LogP contribution in [0.1, 0.15) is 32.6 Å². The molecule has 2 fully saturated rings. The first-order valence-electron chi connectivity index (χ1n) is 6.71. The molecule has 0 aromatic heterocycles. The lowest BCUT2D eigenvalue weighted by molar-refractivity contribution is -0.137. The van der Waals surface area contributed by atoms with E-state index in [1.807, 2.05) is 0 Å². The third-order valence-electron chi connectivity index (χ3n) is 4.69. The normalized spacial score (nSPS) is 38.3. The van der Waals surface area contributed by atoms with Crippen LogP contribution in [0.25, 0.3) is 0 Å². The van der Waals surface area contributed by atoms with Gasteiger partial charge in [-0.15, -0.1) is 0 Å². The molecule has 0 aromatic carbocycles. The van der Waals surface area contributed by atoms with Crippen LogP contribution < -0.4 is 0 Å². The van der Waals surface area contributed by atoms with E-state index in [9.17, 15) is 4.79 Å². The van der Waals surface area contributed by atoms with Gasteiger partial charge in [0.1, 0.15) is 0 Å². The van der Waals surface area contributed by atoms with E-state index in [-0.39, 0.29) is 0 Å². The number of hydrogen-bond acceptors (Lipinski definition) is 1. The van der Waals surface area contributed by atoms with Crippen LogP contribution in [-0.4, -0.2) is 23.9 Å². The van der Waals surface area contributed by atoms with Crippen LogP contribution in [0.5, 0.6) is 0 Å². The van der Waals surface area contributed by atoms with Gasteiger partial charge in [0, 0.05) is 19.0 Å². The molecule has 2 aliphatic carbocycles. The van der Waals surface area contributed by atoms with Crippen molar-refractivity contribution < 1.29 is 4.79 Å². The van der Waals surface area contributed by atoms with Crippen molar-refractivity contribution in [1.29, 1.82) is 0 Å². The van der Waals surface area contributed by atoms with Gasteiger partial charge in [0.25, 0.3) is 0 Å². The van der Waals surface area contributed by atoms with Crippen LogP contribution >= 0.6 is 0 Å². The summed E-state index contributed by atoms with van der Waals surface area (Å²) < 4.78 is 0. The maximum atomic E-state index is 12.4. The van der Waals surface area contributed by atoms with E-state index in [1.54, 1.807) is 0 Å². The third kappa shape index (κ3) is 1.68. The van der Waals surface area contributed by atoms with E-state index in [0.717, 1.165) is 25.4 Å². The van der Waals surface area contributed by atoms with Gasteiger partial charge in [-0.25, -0.2) is 0 Å². The number of allylic oxidation sites excluding steroid dienone is 2. The van der Waals surface area contributed by atoms with Crippen molar-refractivity contribution in [2.75, 3.05) is 13.1 Å². The summed E-state index contributed by atoms with van der Waals surface area (Å²) in [6.07, 6.45) is 9.34. The van der Waals surface area contributed by atoms with E-state index < -0.39 is 0 Å². The van der Waals surface area contributed by atoms with Crippen LogP contribution in [0.4, 0.5) is 0 Å². The van der Waals surface area contributed by atoms with Crippen molar-refractivity contribution in [3.05, 3.63) is 12.2 Å². The Kier molecular flexibility index (Phi) is 2.53. The van der Waals surface area contributed by atoms with Gasteiger partial charge < -0.3 is 4.90 Å². The number of nitrogens with zero attached hydrogens (tertiary/aromatic N) is 1. The molecule has 16 heavy (non-hydrogen) atoms. The van der Waals surface area contributed by atoms with Crippen molar-refractivity contribution in [2.24, 2.45) is 23.7 Å². The fraction of sp³-hybridized carbons (Fsp3) is 0.786. The standard InChI is InChI=1S/C14H21NO/c1-10-4-6-15(7-5-10)14(16)13-9-11-2-3-12(13)8-11/h2-3,10-13H,4-9H2,1H3. The molecule has 1 saturated carbocycles. The van der Waals surface area contributed by atoms with Gasteiger partial charge in [-0.3, -0.25) is 4.79 Å². The van der Waals surface area contributed by atoms with Crippen LogP contribution in [0.15, 0.2) is 12.2 Å². The van der Waals surface area contributed by atoms with Gasteiger partial charge in [0.15, 0.2) is 0 Å². The second-order valence-corrected chi connectivity index (χ2v) is 5.89. The first-order chi connectivity index (χ1) is 7.74. The largest absolute Gasteiger partial charge is 0.342 e. The molecule has 3 unspecified atom stereocenters. The van der Waals surface area contributed by atoms with Crippen LogP contribution in [-0.2, 0) is 4.79 Å². The van der Waals surface area contributed by atoms with Gasteiger partial charge in [-0.05, 0) is 43.4 Å². The van der Waals surface area contributed by atoms with Gasteiger partial charge in [0.2, 0.25) is 5.91 Å². The summed E-state index contributed by atoms with van der Waals surface area (Å²) in [6, 6.07) is 0. The Morgan fingerprint density at radius 2 is 1.94 bits per heavy atom. The van der Waals surface area contributed by atoms with E-state index in [4.69, 9.17) is 0 Å². The Morgan fingerprint density at radius 3 is 2.50 bits per heavy atom. The Balaban J connectivity index is 1.63. The summed E-state index contributed by atoms with van der Waals surface area (Å²) in [5.74, 6) is 2.86. The number of likely N-dealkylation sites (tertiary alicyclic amines) is 1. The average molecular weight is 219 g/mol.